The maximum Gasteiger partial charge on any atom is 0.237 e. The van der Waals surface area contributed by atoms with Crippen molar-refractivity contribution in [2.75, 3.05) is 50.7 Å². The molecule has 43 heavy (non-hydrogen) atoms. The molecule has 0 atom stereocenters. The van der Waals surface area contributed by atoms with E-state index in [1.165, 1.54) is 45.5 Å². The lowest BCUT2D eigenvalue weighted by molar-refractivity contribution is -0.137. The summed E-state index contributed by atoms with van der Waals surface area (Å²) in [6.07, 6.45) is 6.51. The van der Waals surface area contributed by atoms with E-state index in [1.807, 2.05) is 0 Å². The normalized spacial score (nSPS) is 17.9. The Labute approximate surface area is 257 Å². The van der Waals surface area contributed by atoms with Gasteiger partial charge in [-0.3, -0.25) is 9.69 Å². The van der Waals surface area contributed by atoms with E-state index in [2.05, 4.69) is 118 Å². The van der Waals surface area contributed by atoms with Gasteiger partial charge in [0.1, 0.15) is 5.41 Å². The summed E-state index contributed by atoms with van der Waals surface area (Å²) in [5.41, 5.74) is 8.23. The Kier molecular flexibility index (Phi) is 8.04. The summed E-state index contributed by atoms with van der Waals surface area (Å²) in [5.74, 6) is 0.330. The molecule has 2 fully saturated rings. The lowest BCUT2D eigenvalue weighted by atomic mass is 9.72. The minimum atomic E-state index is -0.560. The fraction of sp³-hybridized carbons (Fsp3) is 0.359. The highest BCUT2D eigenvalue weighted by molar-refractivity contribution is 6.00. The minimum absolute atomic E-state index is 0.330. The van der Waals surface area contributed by atoms with Crippen LogP contribution in [0.15, 0.2) is 103 Å². The summed E-state index contributed by atoms with van der Waals surface area (Å²) < 4.78 is 0. The first kappa shape index (κ1) is 27.9. The third-order valence-corrected chi connectivity index (χ3v) is 10.1. The van der Waals surface area contributed by atoms with Gasteiger partial charge in [0.15, 0.2) is 0 Å². The zero-order valence-electron chi connectivity index (χ0n) is 25.3. The third kappa shape index (κ3) is 5.38. The first-order chi connectivity index (χ1) is 21.2. The first-order valence-corrected chi connectivity index (χ1v) is 16.4. The molecule has 0 bridgehead atoms. The maximum absolute atomic E-state index is 14.5. The highest BCUT2D eigenvalue weighted by Gasteiger charge is 2.50. The van der Waals surface area contributed by atoms with Crippen LogP contribution in [0.25, 0.3) is 22.3 Å². The molecule has 4 aromatic carbocycles. The van der Waals surface area contributed by atoms with Gasteiger partial charge in [-0.25, -0.2) is 0 Å². The van der Waals surface area contributed by atoms with Crippen LogP contribution in [0.4, 0.5) is 5.69 Å². The van der Waals surface area contributed by atoms with Crippen molar-refractivity contribution in [2.24, 2.45) is 0 Å². The van der Waals surface area contributed by atoms with E-state index >= 15 is 0 Å². The second-order valence-corrected chi connectivity index (χ2v) is 12.5. The lowest BCUT2D eigenvalue weighted by Gasteiger charge is -2.38. The molecule has 7 rings (SSSR count). The van der Waals surface area contributed by atoms with Crippen molar-refractivity contribution in [3.8, 4) is 22.3 Å². The molecule has 0 spiro atoms. The van der Waals surface area contributed by atoms with Crippen LogP contribution in [0, 0.1) is 0 Å². The molecule has 0 saturated carbocycles. The Bertz CT molecular complexity index is 1490. The maximum atomic E-state index is 14.5. The van der Waals surface area contributed by atoms with Crippen molar-refractivity contribution in [3.05, 3.63) is 114 Å². The van der Waals surface area contributed by atoms with Crippen LogP contribution in [0.5, 0.6) is 0 Å². The molecule has 1 aliphatic carbocycles. The van der Waals surface area contributed by atoms with Crippen LogP contribution in [0.3, 0.4) is 0 Å². The zero-order valence-corrected chi connectivity index (χ0v) is 25.3. The van der Waals surface area contributed by atoms with E-state index in [0.29, 0.717) is 5.91 Å². The molecule has 4 heteroatoms. The van der Waals surface area contributed by atoms with Crippen LogP contribution >= 0.6 is 0 Å². The summed E-state index contributed by atoms with van der Waals surface area (Å²) in [6, 6.07) is 37.0. The Hall–Kier alpha value is -3.89. The SMILES string of the molecule is O=C(N1CCCCC1)C1(CCCCN2CCN(c3ccc(-c4ccccc4)cc3)CC2)c2ccccc2-c2ccccc21. The van der Waals surface area contributed by atoms with Crippen molar-refractivity contribution in [1.82, 2.24) is 9.80 Å². The van der Waals surface area contributed by atoms with Crippen molar-refractivity contribution in [1.29, 1.82) is 0 Å². The van der Waals surface area contributed by atoms with E-state index < -0.39 is 5.41 Å². The van der Waals surface area contributed by atoms with E-state index in [9.17, 15) is 4.79 Å². The Morgan fingerprint density at radius 3 is 1.81 bits per heavy atom. The van der Waals surface area contributed by atoms with Gasteiger partial charge in [0, 0.05) is 45.0 Å². The summed E-state index contributed by atoms with van der Waals surface area (Å²) in [6.45, 7) is 7.17. The molecule has 4 aromatic rings. The second-order valence-electron chi connectivity index (χ2n) is 12.5. The summed E-state index contributed by atoms with van der Waals surface area (Å²) in [7, 11) is 0. The van der Waals surface area contributed by atoms with E-state index in [0.717, 1.165) is 77.9 Å². The van der Waals surface area contributed by atoms with Gasteiger partial charge in [0.25, 0.3) is 0 Å². The highest BCUT2D eigenvalue weighted by Crippen LogP contribution is 2.52. The van der Waals surface area contributed by atoms with Crippen LogP contribution in [0.1, 0.15) is 49.7 Å². The molecular formula is C39H43N3O. The van der Waals surface area contributed by atoms with Crippen LogP contribution in [-0.2, 0) is 10.2 Å². The molecular weight excluding hydrogens is 526 g/mol. The summed E-state index contributed by atoms with van der Waals surface area (Å²) in [4.78, 5) is 21.8. The number of likely N-dealkylation sites (tertiary alicyclic amines) is 1. The molecule has 0 aromatic heterocycles. The Balaban J connectivity index is 0.997. The van der Waals surface area contributed by atoms with Gasteiger partial charge in [-0.05, 0) is 84.2 Å². The second kappa shape index (κ2) is 12.4. The molecule has 1 amide bonds. The molecule has 2 heterocycles. The number of amides is 1. The highest BCUT2D eigenvalue weighted by atomic mass is 16.2. The van der Waals surface area contributed by atoms with Gasteiger partial charge in [0.05, 0.1) is 0 Å². The van der Waals surface area contributed by atoms with Crippen LogP contribution in [0.2, 0.25) is 0 Å². The number of unbranched alkanes of at least 4 members (excludes halogenated alkanes) is 1. The van der Waals surface area contributed by atoms with E-state index in [1.54, 1.807) is 0 Å². The molecule has 0 unspecified atom stereocenters. The molecule has 4 nitrogen and oxygen atoms in total. The molecule has 2 aliphatic heterocycles. The number of nitrogens with zero attached hydrogens (tertiary/aromatic N) is 3. The first-order valence-electron chi connectivity index (χ1n) is 16.4. The predicted octanol–water partition coefficient (Wildman–Crippen LogP) is 7.63. The van der Waals surface area contributed by atoms with Gasteiger partial charge in [-0.2, -0.15) is 0 Å². The number of hydrogen-bond acceptors (Lipinski definition) is 3. The number of piperazine rings is 1. The Morgan fingerprint density at radius 1 is 0.581 bits per heavy atom. The number of rotatable bonds is 8. The standard InChI is InChI=1S/C39H43N3O/c43-38(42-25-10-2-11-26-42)39(36-17-7-5-15-34(36)35-16-6-8-18-37(35)39)23-9-12-24-40-27-29-41(30-28-40)33-21-19-32(20-22-33)31-13-3-1-4-14-31/h1,3-8,13-22H,2,9-12,23-30H2. The van der Waals surface area contributed by atoms with Crippen LogP contribution < -0.4 is 4.90 Å². The topological polar surface area (TPSA) is 26.8 Å². The summed E-state index contributed by atoms with van der Waals surface area (Å²) >= 11 is 0. The molecule has 0 N–H and O–H groups in total. The van der Waals surface area contributed by atoms with Crippen molar-refractivity contribution < 1.29 is 4.79 Å². The van der Waals surface area contributed by atoms with Crippen molar-refractivity contribution in [3.63, 3.8) is 0 Å². The van der Waals surface area contributed by atoms with Crippen molar-refractivity contribution >= 4 is 11.6 Å². The van der Waals surface area contributed by atoms with Crippen molar-refractivity contribution in [2.45, 2.75) is 43.9 Å². The molecule has 3 aliphatic rings. The van der Waals surface area contributed by atoms with E-state index in [-0.39, 0.29) is 0 Å². The van der Waals surface area contributed by atoms with Gasteiger partial charge >= 0.3 is 0 Å². The van der Waals surface area contributed by atoms with Gasteiger partial charge < -0.3 is 9.80 Å². The number of anilines is 1. The minimum Gasteiger partial charge on any atom is -0.369 e. The smallest absolute Gasteiger partial charge is 0.237 e. The third-order valence-electron chi connectivity index (χ3n) is 10.1. The van der Waals surface area contributed by atoms with Gasteiger partial charge in [-0.1, -0.05) is 97.4 Å². The molecule has 0 radical (unpaired) electrons. The average molecular weight is 570 g/mol. The van der Waals surface area contributed by atoms with E-state index in [4.69, 9.17) is 0 Å². The number of carbonyl (C=O) groups excluding carboxylic acids is 1. The lowest BCUT2D eigenvalue weighted by Crippen LogP contribution is -2.49. The zero-order chi connectivity index (χ0) is 29.1. The number of hydrogen-bond donors (Lipinski definition) is 0. The van der Waals surface area contributed by atoms with Gasteiger partial charge in [-0.15, -0.1) is 0 Å². The number of carbonyl (C=O) groups is 1. The van der Waals surface area contributed by atoms with Crippen LogP contribution in [-0.4, -0.2) is 61.5 Å². The van der Waals surface area contributed by atoms with Gasteiger partial charge in [0.2, 0.25) is 5.91 Å². The monoisotopic (exact) mass is 569 g/mol. The summed E-state index contributed by atoms with van der Waals surface area (Å²) in [5, 5.41) is 0. The number of fused-ring (bicyclic) bond motifs is 3. The largest absolute Gasteiger partial charge is 0.369 e. The number of benzene rings is 4. The predicted molar refractivity (Wildman–Crippen MR) is 177 cm³/mol. The average Bonchev–Trinajstić information content (AvgIpc) is 3.38. The molecule has 2 saturated heterocycles. The molecule has 220 valence electrons. The fourth-order valence-corrected chi connectivity index (χ4v) is 7.75. The number of piperidine rings is 1. The quantitative estimate of drug-likeness (QED) is 0.204. The fourth-order valence-electron chi connectivity index (χ4n) is 7.75. The Morgan fingerprint density at radius 2 is 1.16 bits per heavy atom.